The number of carbonyl (C=O) groups is 1. The van der Waals surface area contributed by atoms with E-state index in [-0.39, 0.29) is 11.9 Å². The number of hydrogen-bond donors (Lipinski definition) is 1. The number of hydrogen-bond acceptors (Lipinski definition) is 2. The van der Waals surface area contributed by atoms with E-state index < -0.39 is 0 Å². The molecule has 2 aromatic rings. The van der Waals surface area contributed by atoms with Gasteiger partial charge in [-0.15, -0.1) is 0 Å². The van der Waals surface area contributed by atoms with Crippen LogP contribution in [0.5, 0.6) is 0 Å². The maximum Gasteiger partial charge on any atom is 0.220 e. The molecule has 1 N–H and O–H groups in total. The summed E-state index contributed by atoms with van der Waals surface area (Å²) < 4.78 is 0. The van der Waals surface area contributed by atoms with Gasteiger partial charge in [-0.25, -0.2) is 0 Å². The fourth-order valence-corrected chi connectivity index (χ4v) is 2.21. The number of carbonyl (C=O) groups excluding carboxylic acids is 1. The van der Waals surface area contributed by atoms with Gasteiger partial charge in [0, 0.05) is 23.8 Å². The molecule has 0 fully saturated rings. The van der Waals surface area contributed by atoms with Crippen LogP contribution in [0.4, 0.5) is 0 Å². The number of aryl methyl sites for hydroxylation is 1. The quantitative estimate of drug-likeness (QED) is 0.914. The normalized spacial score (nSPS) is 11.9. The van der Waals surface area contributed by atoms with Crippen molar-refractivity contribution in [3.8, 4) is 0 Å². The van der Waals surface area contributed by atoms with E-state index in [2.05, 4.69) is 10.3 Å². The van der Waals surface area contributed by atoms with Crippen LogP contribution in [-0.2, 0) is 11.2 Å². The number of benzene rings is 1. The summed E-state index contributed by atoms with van der Waals surface area (Å²) in [5.74, 6) is 0.0151. The zero-order valence-corrected chi connectivity index (χ0v) is 12.1. The smallest absolute Gasteiger partial charge is 0.220 e. The first-order valence-electron chi connectivity index (χ1n) is 6.59. The van der Waals surface area contributed by atoms with Crippen LogP contribution in [0.2, 0.25) is 5.02 Å². The van der Waals surface area contributed by atoms with Gasteiger partial charge < -0.3 is 5.32 Å². The molecule has 0 aliphatic rings. The molecule has 20 heavy (non-hydrogen) atoms. The van der Waals surface area contributed by atoms with Crippen molar-refractivity contribution in [1.82, 2.24) is 10.3 Å². The third-order valence-electron chi connectivity index (χ3n) is 3.14. The molecule has 0 aliphatic heterocycles. The van der Waals surface area contributed by atoms with Crippen molar-refractivity contribution in [2.45, 2.75) is 25.8 Å². The minimum absolute atomic E-state index is 0.0151. The molecule has 1 aromatic carbocycles. The van der Waals surface area contributed by atoms with Crippen LogP contribution < -0.4 is 5.32 Å². The number of pyridine rings is 1. The molecule has 3 nitrogen and oxygen atoms in total. The highest BCUT2D eigenvalue weighted by molar-refractivity contribution is 6.31. The summed E-state index contributed by atoms with van der Waals surface area (Å²) in [6.45, 7) is 1.95. The van der Waals surface area contributed by atoms with Crippen molar-refractivity contribution in [1.29, 1.82) is 0 Å². The zero-order chi connectivity index (χ0) is 14.4. The average molecular weight is 289 g/mol. The fraction of sp³-hybridized carbons (Fsp3) is 0.250. The molecule has 0 radical (unpaired) electrons. The summed E-state index contributed by atoms with van der Waals surface area (Å²) in [5.41, 5.74) is 2.00. The second kappa shape index (κ2) is 7.06. The van der Waals surface area contributed by atoms with Gasteiger partial charge in [-0.3, -0.25) is 9.78 Å². The maximum atomic E-state index is 11.9. The highest BCUT2D eigenvalue weighted by atomic mass is 35.5. The lowest BCUT2D eigenvalue weighted by Gasteiger charge is -2.14. The Hall–Kier alpha value is -1.87. The van der Waals surface area contributed by atoms with Gasteiger partial charge in [-0.2, -0.15) is 0 Å². The number of rotatable bonds is 5. The first-order valence-corrected chi connectivity index (χ1v) is 6.97. The summed E-state index contributed by atoms with van der Waals surface area (Å²) in [5, 5.41) is 3.67. The number of nitrogens with zero attached hydrogens (tertiary/aromatic N) is 1. The summed E-state index contributed by atoms with van der Waals surface area (Å²) in [6, 6.07) is 11.4. The summed E-state index contributed by atoms with van der Waals surface area (Å²) in [4.78, 5) is 16.0. The van der Waals surface area contributed by atoms with E-state index in [1.807, 2.05) is 43.3 Å². The van der Waals surface area contributed by atoms with Crippen molar-refractivity contribution < 1.29 is 4.79 Å². The third kappa shape index (κ3) is 4.07. The Morgan fingerprint density at radius 1 is 1.30 bits per heavy atom. The van der Waals surface area contributed by atoms with Crippen LogP contribution >= 0.6 is 11.6 Å². The number of aromatic nitrogens is 1. The Morgan fingerprint density at radius 3 is 2.80 bits per heavy atom. The van der Waals surface area contributed by atoms with Gasteiger partial charge in [-0.05, 0) is 36.6 Å². The molecule has 2 rings (SSSR count). The van der Waals surface area contributed by atoms with Gasteiger partial charge in [-0.1, -0.05) is 35.9 Å². The predicted molar refractivity (Wildman–Crippen MR) is 80.6 cm³/mol. The van der Waals surface area contributed by atoms with E-state index >= 15 is 0 Å². The highest BCUT2D eigenvalue weighted by Crippen LogP contribution is 2.17. The molecule has 1 atom stereocenters. The molecule has 0 spiro atoms. The Morgan fingerprint density at radius 2 is 2.10 bits per heavy atom. The molecule has 1 aromatic heterocycles. The van der Waals surface area contributed by atoms with Gasteiger partial charge >= 0.3 is 0 Å². The Labute approximate surface area is 124 Å². The van der Waals surface area contributed by atoms with Crippen LogP contribution in [0, 0.1) is 0 Å². The molecular formula is C16H17ClN2O. The van der Waals surface area contributed by atoms with Crippen LogP contribution in [0.3, 0.4) is 0 Å². The lowest BCUT2D eigenvalue weighted by molar-refractivity contribution is -0.121. The van der Waals surface area contributed by atoms with Crippen LogP contribution in [-0.4, -0.2) is 10.9 Å². The van der Waals surface area contributed by atoms with Crippen molar-refractivity contribution in [2.75, 3.05) is 0 Å². The van der Waals surface area contributed by atoms with Gasteiger partial charge in [0.05, 0.1) is 6.04 Å². The third-order valence-corrected chi connectivity index (χ3v) is 3.51. The molecule has 4 heteroatoms. The molecule has 0 aliphatic carbocycles. The van der Waals surface area contributed by atoms with E-state index in [1.54, 1.807) is 12.4 Å². The highest BCUT2D eigenvalue weighted by Gasteiger charge is 2.10. The molecule has 0 bridgehead atoms. The van der Waals surface area contributed by atoms with Crippen molar-refractivity contribution in [2.24, 2.45) is 0 Å². The zero-order valence-electron chi connectivity index (χ0n) is 11.3. The second-order valence-electron chi connectivity index (χ2n) is 4.67. The first-order chi connectivity index (χ1) is 9.66. The van der Waals surface area contributed by atoms with Gasteiger partial charge in [0.25, 0.3) is 0 Å². The molecule has 1 amide bonds. The van der Waals surface area contributed by atoms with Crippen molar-refractivity contribution in [3.63, 3.8) is 0 Å². The first kappa shape index (κ1) is 14.5. The SMILES string of the molecule is CC(NC(=O)CCc1ccccc1Cl)c1cccnc1. The molecular weight excluding hydrogens is 272 g/mol. The predicted octanol–water partition coefficient (Wildman–Crippen LogP) is 3.55. The molecule has 104 valence electrons. The Bertz CT molecular complexity index is 572. The summed E-state index contributed by atoms with van der Waals surface area (Å²) in [6.07, 6.45) is 4.55. The minimum atomic E-state index is -0.0394. The molecule has 0 saturated carbocycles. The molecule has 1 unspecified atom stereocenters. The van der Waals surface area contributed by atoms with Crippen LogP contribution in [0.25, 0.3) is 0 Å². The fourth-order valence-electron chi connectivity index (χ4n) is 1.98. The van der Waals surface area contributed by atoms with E-state index in [1.165, 1.54) is 0 Å². The van der Waals surface area contributed by atoms with Gasteiger partial charge in [0.2, 0.25) is 5.91 Å². The Kier molecular flexibility index (Phi) is 5.13. The largest absolute Gasteiger partial charge is 0.350 e. The monoisotopic (exact) mass is 288 g/mol. The summed E-state index contributed by atoms with van der Waals surface area (Å²) in [7, 11) is 0. The average Bonchev–Trinajstić information content (AvgIpc) is 2.47. The lowest BCUT2D eigenvalue weighted by Crippen LogP contribution is -2.26. The van der Waals surface area contributed by atoms with Gasteiger partial charge in [0.1, 0.15) is 0 Å². The van der Waals surface area contributed by atoms with E-state index in [4.69, 9.17) is 11.6 Å². The van der Waals surface area contributed by atoms with Crippen LogP contribution in [0.1, 0.15) is 30.5 Å². The Balaban J connectivity index is 1.86. The van der Waals surface area contributed by atoms with Crippen LogP contribution in [0.15, 0.2) is 48.8 Å². The maximum absolute atomic E-state index is 11.9. The molecule has 0 saturated heterocycles. The second-order valence-corrected chi connectivity index (χ2v) is 5.07. The standard InChI is InChI=1S/C16H17ClN2O/c1-12(14-6-4-10-18-11-14)19-16(20)9-8-13-5-2-3-7-15(13)17/h2-7,10-12H,8-9H2,1H3,(H,19,20). The van der Waals surface area contributed by atoms with E-state index in [0.717, 1.165) is 11.1 Å². The molecule has 1 heterocycles. The van der Waals surface area contributed by atoms with E-state index in [9.17, 15) is 4.79 Å². The van der Waals surface area contributed by atoms with Crippen molar-refractivity contribution in [3.05, 3.63) is 64.9 Å². The van der Waals surface area contributed by atoms with Crippen molar-refractivity contribution >= 4 is 17.5 Å². The topological polar surface area (TPSA) is 42.0 Å². The minimum Gasteiger partial charge on any atom is -0.350 e. The number of amides is 1. The summed E-state index contributed by atoms with van der Waals surface area (Å²) >= 11 is 6.07. The van der Waals surface area contributed by atoms with Gasteiger partial charge in [0.15, 0.2) is 0 Å². The number of nitrogens with one attached hydrogen (secondary N) is 1. The lowest BCUT2D eigenvalue weighted by atomic mass is 10.1. The number of halogens is 1. The van der Waals surface area contributed by atoms with E-state index in [0.29, 0.717) is 17.9 Å².